The molecule has 1 N–H and O–H groups in total. The van der Waals surface area contributed by atoms with E-state index in [-0.39, 0.29) is 19.6 Å². The highest BCUT2D eigenvalue weighted by Crippen LogP contribution is 2.31. The van der Waals surface area contributed by atoms with Crippen LogP contribution >= 0.6 is 11.6 Å². The standard InChI is InChI=1S/C22H26ClN3O4S/c1-4-16-6-5-7-19(12-16)26-20(27)14-25(31(3,29)30)15-22(26,2)21(28)24-13-17-8-10-18(23)11-9-17/h5-12H,4,13-15H2,1-3H3,(H,24,28)/t22-/m1/s1. The van der Waals surface area contributed by atoms with Gasteiger partial charge in [0, 0.05) is 23.8 Å². The fraction of sp³-hybridized carbons (Fsp3) is 0.364. The summed E-state index contributed by atoms with van der Waals surface area (Å²) >= 11 is 5.91. The van der Waals surface area contributed by atoms with Crippen LogP contribution in [0, 0.1) is 0 Å². The Morgan fingerprint density at radius 1 is 1.16 bits per heavy atom. The molecule has 0 bridgehead atoms. The minimum Gasteiger partial charge on any atom is -0.350 e. The predicted octanol–water partition coefficient (Wildman–Crippen LogP) is 2.59. The summed E-state index contributed by atoms with van der Waals surface area (Å²) in [7, 11) is -3.66. The molecule has 1 saturated heterocycles. The van der Waals surface area contributed by atoms with E-state index in [1.165, 1.54) is 4.90 Å². The minimum absolute atomic E-state index is 0.139. The van der Waals surface area contributed by atoms with Gasteiger partial charge >= 0.3 is 0 Å². The van der Waals surface area contributed by atoms with E-state index in [9.17, 15) is 18.0 Å². The Hall–Kier alpha value is -2.42. The summed E-state index contributed by atoms with van der Waals surface area (Å²) in [4.78, 5) is 27.9. The molecule has 166 valence electrons. The van der Waals surface area contributed by atoms with Crippen molar-refractivity contribution < 1.29 is 18.0 Å². The quantitative estimate of drug-likeness (QED) is 0.713. The third kappa shape index (κ3) is 5.08. The number of hydrogen-bond acceptors (Lipinski definition) is 4. The van der Waals surface area contributed by atoms with E-state index < -0.39 is 27.4 Å². The number of amides is 2. The molecule has 3 rings (SSSR count). The molecular weight excluding hydrogens is 438 g/mol. The molecule has 9 heteroatoms. The molecule has 0 radical (unpaired) electrons. The number of sulfonamides is 1. The number of piperazine rings is 1. The van der Waals surface area contributed by atoms with Gasteiger partial charge in [-0.25, -0.2) is 8.42 Å². The second-order valence-corrected chi connectivity index (χ2v) is 10.3. The Morgan fingerprint density at radius 3 is 2.45 bits per heavy atom. The number of anilines is 1. The second kappa shape index (κ2) is 8.98. The molecule has 1 atom stereocenters. The summed E-state index contributed by atoms with van der Waals surface area (Å²) in [6.45, 7) is 3.37. The third-order valence-corrected chi connectivity index (χ3v) is 6.89. The van der Waals surface area contributed by atoms with E-state index in [1.807, 2.05) is 25.1 Å². The molecule has 2 amide bonds. The smallest absolute Gasteiger partial charge is 0.247 e. The minimum atomic E-state index is -3.66. The molecule has 1 heterocycles. The highest BCUT2D eigenvalue weighted by atomic mass is 35.5. The molecule has 0 saturated carbocycles. The molecule has 1 aliphatic rings. The van der Waals surface area contributed by atoms with Crippen LogP contribution in [0.4, 0.5) is 5.69 Å². The number of rotatable bonds is 6. The van der Waals surface area contributed by atoms with Gasteiger partial charge in [0.25, 0.3) is 0 Å². The van der Waals surface area contributed by atoms with Crippen molar-refractivity contribution in [2.45, 2.75) is 32.4 Å². The van der Waals surface area contributed by atoms with E-state index in [0.717, 1.165) is 28.1 Å². The maximum Gasteiger partial charge on any atom is 0.247 e. The van der Waals surface area contributed by atoms with Gasteiger partial charge in [-0.3, -0.25) is 14.5 Å². The number of nitrogens with one attached hydrogen (secondary N) is 1. The number of nitrogens with zero attached hydrogens (tertiary/aromatic N) is 2. The molecule has 0 spiro atoms. The Balaban J connectivity index is 1.96. The lowest BCUT2D eigenvalue weighted by molar-refractivity contribution is -0.133. The molecule has 0 unspecified atom stereocenters. The van der Waals surface area contributed by atoms with Gasteiger partial charge in [0.1, 0.15) is 5.54 Å². The van der Waals surface area contributed by atoms with E-state index in [1.54, 1.807) is 37.3 Å². The normalized spacial score (nSPS) is 20.0. The maximum atomic E-state index is 13.4. The number of carbonyl (C=O) groups excluding carboxylic acids is 2. The van der Waals surface area contributed by atoms with Crippen molar-refractivity contribution in [1.29, 1.82) is 0 Å². The van der Waals surface area contributed by atoms with E-state index in [4.69, 9.17) is 11.6 Å². The molecule has 1 aliphatic heterocycles. The zero-order valence-corrected chi connectivity index (χ0v) is 19.3. The summed E-state index contributed by atoms with van der Waals surface area (Å²) < 4.78 is 25.5. The van der Waals surface area contributed by atoms with Crippen molar-refractivity contribution in [3.05, 3.63) is 64.7 Å². The van der Waals surface area contributed by atoms with Crippen LogP contribution in [0.1, 0.15) is 25.0 Å². The summed E-state index contributed by atoms with van der Waals surface area (Å²) in [6, 6.07) is 14.4. The van der Waals surface area contributed by atoms with Crippen LogP contribution in [0.3, 0.4) is 0 Å². The first-order chi connectivity index (χ1) is 14.5. The number of halogens is 1. The lowest BCUT2D eigenvalue weighted by atomic mass is 9.94. The largest absolute Gasteiger partial charge is 0.350 e. The first-order valence-electron chi connectivity index (χ1n) is 9.94. The molecule has 1 fully saturated rings. The number of aryl methyl sites for hydroxylation is 1. The van der Waals surface area contributed by atoms with Gasteiger partial charge in [0.2, 0.25) is 21.8 Å². The maximum absolute atomic E-state index is 13.4. The van der Waals surface area contributed by atoms with E-state index >= 15 is 0 Å². The lowest BCUT2D eigenvalue weighted by Gasteiger charge is -2.46. The van der Waals surface area contributed by atoms with Crippen molar-refractivity contribution in [2.75, 3.05) is 24.2 Å². The van der Waals surface area contributed by atoms with Crippen LogP contribution in [0.25, 0.3) is 0 Å². The third-order valence-electron chi connectivity index (χ3n) is 5.44. The molecule has 0 aliphatic carbocycles. The summed E-state index contributed by atoms with van der Waals surface area (Å²) in [5.74, 6) is -0.889. The molecule has 2 aromatic rings. The molecular formula is C22H26ClN3O4S. The zero-order valence-electron chi connectivity index (χ0n) is 17.8. The first kappa shape index (κ1) is 23.2. The average molecular weight is 464 g/mol. The first-order valence-corrected chi connectivity index (χ1v) is 12.2. The second-order valence-electron chi connectivity index (χ2n) is 7.87. The molecule has 31 heavy (non-hydrogen) atoms. The molecule has 7 nitrogen and oxygen atoms in total. The van der Waals surface area contributed by atoms with Gasteiger partial charge in [-0.2, -0.15) is 4.31 Å². The van der Waals surface area contributed by atoms with Gasteiger partial charge in [0.05, 0.1) is 12.8 Å². The fourth-order valence-corrected chi connectivity index (χ4v) is 4.65. The topological polar surface area (TPSA) is 86.8 Å². The Bertz CT molecular complexity index is 1090. The Labute approximate surface area is 188 Å². The van der Waals surface area contributed by atoms with E-state index in [0.29, 0.717) is 10.7 Å². The average Bonchev–Trinajstić information content (AvgIpc) is 2.72. The van der Waals surface area contributed by atoms with Gasteiger partial charge in [-0.05, 0) is 48.7 Å². The highest BCUT2D eigenvalue weighted by Gasteiger charge is 2.50. The van der Waals surface area contributed by atoms with Crippen LogP contribution in [0.5, 0.6) is 0 Å². The van der Waals surface area contributed by atoms with Gasteiger partial charge in [0.15, 0.2) is 0 Å². The summed E-state index contributed by atoms with van der Waals surface area (Å²) in [6.07, 6.45) is 1.81. The Morgan fingerprint density at radius 2 is 1.84 bits per heavy atom. The number of carbonyl (C=O) groups is 2. The van der Waals surface area contributed by atoms with Crippen LogP contribution < -0.4 is 10.2 Å². The van der Waals surface area contributed by atoms with Crippen molar-refractivity contribution in [2.24, 2.45) is 0 Å². The van der Waals surface area contributed by atoms with Crippen LogP contribution in [-0.2, 0) is 32.6 Å². The number of hydrogen-bond donors (Lipinski definition) is 1. The van der Waals surface area contributed by atoms with Crippen molar-refractivity contribution >= 4 is 39.1 Å². The van der Waals surface area contributed by atoms with E-state index in [2.05, 4.69) is 5.32 Å². The van der Waals surface area contributed by atoms with Crippen molar-refractivity contribution in [3.8, 4) is 0 Å². The van der Waals surface area contributed by atoms with Crippen LogP contribution in [0.15, 0.2) is 48.5 Å². The van der Waals surface area contributed by atoms with Crippen LogP contribution in [0.2, 0.25) is 5.02 Å². The predicted molar refractivity (Wildman–Crippen MR) is 121 cm³/mol. The zero-order chi connectivity index (χ0) is 22.8. The Kier molecular flexibility index (Phi) is 6.73. The lowest BCUT2D eigenvalue weighted by Crippen LogP contribution is -2.70. The van der Waals surface area contributed by atoms with Gasteiger partial charge in [-0.1, -0.05) is 42.8 Å². The van der Waals surface area contributed by atoms with Gasteiger partial charge in [-0.15, -0.1) is 0 Å². The molecule has 2 aromatic carbocycles. The summed E-state index contributed by atoms with van der Waals surface area (Å²) in [5, 5.41) is 3.44. The molecule has 0 aromatic heterocycles. The summed E-state index contributed by atoms with van der Waals surface area (Å²) in [5.41, 5.74) is 1.00. The monoisotopic (exact) mass is 463 g/mol. The van der Waals surface area contributed by atoms with Crippen molar-refractivity contribution in [3.63, 3.8) is 0 Å². The van der Waals surface area contributed by atoms with Gasteiger partial charge < -0.3 is 5.32 Å². The number of benzene rings is 2. The van der Waals surface area contributed by atoms with Crippen LogP contribution in [-0.4, -0.2) is 49.4 Å². The SMILES string of the molecule is CCc1cccc(N2C(=O)CN(S(C)(=O)=O)C[C@]2(C)C(=O)NCc2ccc(Cl)cc2)c1. The van der Waals surface area contributed by atoms with Crippen molar-refractivity contribution in [1.82, 2.24) is 9.62 Å². The highest BCUT2D eigenvalue weighted by molar-refractivity contribution is 7.88. The fourth-order valence-electron chi connectivity index (χ4n) is 3.69.